The normalized spacial score (nSPS) is 18.0. The maximum Gasteiger partial charge on any atom is 0.328 e. The van der Waals surface area contributed by atoms with Crippen LogP contribution in [-0.2, 0) is 6.42 Å². The third-order valence-electron chi connectivity index (χ3n) is 4.77. The van der Waals surface area contributed by atoms with Crippen molar-refractivity contribution in [1.82, 2.24) is 19.9 Å². The first-order valence-corrected chi connectivity index (χ1v) is 7.99. The second-order valence-corrected chi connectivity index (χ2v) is 6.01. The number of aromatic nitrogens is 3. The van der Waals surface area contributed by atoms with Crippen LogP contribution in [0.25, 0.3) is 10.9 Å². The molecule has 24 heavy (non-hydrogen) atoms. The maximum absolute atomic E-state index is 12.4. The molecule has 4 N–H and O–H groups in total. The van der Waals surface area contributed by atoms with Gasteiger partial charge in [-0.2, -0.15) is 0 Å². The number of H-pyrrole nitrogens is 3. The fraction of sp³-hybridized carbons (Fsp3) is 0.294. The van der Waals surface area contributed by atoms with Crippen molar-refractivity contribution < 1.29 is 5.11 Å². The zero-order chi connectivity index (χ0) is 16.8. The Balaban J connectivity index is 2.01. The van der Waals surface area contributed by atoms with E-state index in [0.29, 0.717) is 0 Å². The Labute approximate surface area is 137 Å². The standard InChI is InChI=1S/C17H18N4O3/c1-2-21-8-7-10-9-5-3-4-6-11(9)18-13(10)14(21)12-15(22)19-17(24)20-16(12)23/h3-6,14,18H,2,7-8H2,1H3,(H3,19,20,22,23,24)/t14-/m0/s1. The molecule has 3 aromatic rings. The van der Waals surface area contributed by atoms with Crippen LogP contribution in [0.1, 0.15) is 29.8 Å². The molecule has 3 heterocycles. The summed E-state index contributed by atoms with van der Waals surface area (Å²) in [6, 6.07) is 7.58. The van der Waals surface area contributed by atoms with Gasteiger partial charge in [0.05, 0.1) is 6.04 Å². The van der Waals surface area contributed by atoms with E-state index in [2.05, 4.69) is 25.9 Å². The van der Waals surface area contributed by atoms with Crippen LogP contribution in [0.5, 0.6) is 5.88 Å². The van der Waals surface area contributed by atoms with E-state index in [4.69, 9.17) is 0 Å². The van der Waals surface area contributed by atoms with Gasteiger partial charge in [0.1, 0.15) is 5.56 Å². The molecule has 124 valence electrons. The summed E-state index contributed by atoms with van der Waals surface area (Å²) in [4.78, 5) is 33.8. The highest BCUT2D eigenvalue weighted by Gasteiger charge is 2.34. The average Bonchev–Trinajstić information content (AvgIpc) is 2.93. The highest BCUT2D eigenvalue weighted by molar-refractivity contribution is 5.85. The lowest BCUT2D eigenvalue weighted by Crippen LogP contribution is -2.40. The van der Waals surface area contributed by atoms with Gasteiger partial charge in [-0.3, -0.25) is 19.7 Å². The van der Waals surface area contributed by atoms with E-state index in [1.54, 1.807) is 0 Å². The number of benzene rings is 1. The summed E-state index contributed by atoms with van der Waals surface area (Å²) in [6.07, 6.45) is 0.867. The lowest BCUT2D eigenvalue weighted by Gasteiger charge is -2.34. The minimum Gasteiger partial charge on any atom is -0.494 e. The molecule has 1 atom stereocenters. The Kier molecular flexibility index (Phi) is 3.31. The number of aromatic hydroxyl groups is 1. The molecule has 4 rings (SSSR count). The van der Waals surface area contributed by atoms with Crippen molar-refractivity contribution in [2.75, 3.05) is 13.1 Å². The van der Waals surface area contributed by atoms with Crippen molar-refractivity contribution in [3.05, 3.63) is 61.9 Å². The van der Waals surface area contributed by atoms with Gasteiger partial charge in [0, 0.05) is 23.1 Å². The van der Waals surface area contributed by atoms with Crippen LogP contribution in [-0.4, -0.2) is 38.0 Å². The lowest BCUT2D eigenvalue weighted by atomic mass is 9.93. The van der Waals surface area contributed by atoms with Gasteiger partial charge in [-0.1, -0.05) is 25.1 Å². The van der Waals surface area contributed by atoms with Crippen molar-refractivity contribution in [3.8, 4) is 5.88 Å². The first-order valence-electron chi connectivity index (χ1n) is 7.99. The number of nitrogens with one attached hydrogen (secondary N) is 3. The molecule has 0 saturated heterocycles. The van der Waals surface area contributed by atoms with Gasteiger partial charge < -0.3 is 10.1 Å². The number of aromatic amines is 3. The van der Waals surface area contributed by atoms with Gasteiger partial charge in [-0.05, 0) is 24.6 Å². The van der Waals surface area contributed by atoms with Crippen molar-refractivity contribution in [3.63, 3.8) is 0 Å². The van der Waals surface area contributed by atoms with E-state index in [1.807, 2.05) is 25.1 Å². The summed E-state index contributed by atoms with van der Waals surface area (Å²) in [5, 5.41) is 11.4. The molecule has 0 radical (unpaired) electrons. The van der Waals surface area contributed by atoms with Gasteiger partial charge in [0.15, 0.2) is 0 Å². The summed E-state index contributed by atoms with van der Waals surface area (Å²) >= 11 is 0. The van der Waals surface area contributed by atoms with Crippen LogP contribution in [0.15, 0.2) is 33.9 Å². The first kappa shape index (κ1) is 14.8. The molecule has 1 aromatic carbocycles. The molecular formula is C17H18N4O3. The molecule has 7 nitrogen and oxygen atoms in total. The quantitative estimate of drug-likeness (QED) is 0.568. The van der Waals surface area contributed by atoms with Crippen LogP contribution in [0.4, 0.5) is 0 Å². The molecule has 1 aliphatic heterocycles. The number of nitrogens with zero attached hydrogens (tertiary/aromatic N) is 1. The van der Waals surface area contributed by atoms with Crippen molar-refractivity contribution >= 4 is 10.9 Å². The molecular weight excluding hydrogens is 308 g/mol. The third-order valence-corrected chi connectivity index (χ3v) is 4.77. The molecule has 0 saturated carbocycles. The molecule has 1 aliphatic rings. The summed E-state index contributed by atoms with van der Waals surface area (Å²) in [5.41, 5.74) is 1.96. The molecule has 0 unspecified atom stereocenters. The number of fused-ring (bicyclic) bond motifs is 3. The number of likely N-dealkylation sites (N-methyl/N-ethyl adjacent to an activating group) is 1. The van der Waals surface area contributed by atoms with Crippen LogP contribution in [0.2, 0.25) is 0 Å². The van der Waals surface area contributed by atoms with Crippen LogP contribution in [0, 0.1) is 0 Å². The molecule has 0 spiro atoms. The Hall–Kier alpha value is -2.80. The van der Waals surface area contributed by atoms with Gasteiger partial charge in [-0.15, -0.1) is 0 Å². The fourth-order valence-corrected chi connectivity index (χ4v) is 3.70. The van der Waals surface area contributed by atoms with Gasteiger partial charge in [-0.25, -0.2) is 4.79 Å². The zero-order valence-corrected chi connectivity index (χ0v) is 13.2. The molecule has 0 bridgehead atoms. The van der Waals surface area contributed by atoms with Gasteiger partial charge in [0.2, 0.25) is 5.88 Å². The van der Waals surface area contributed by atoms with E-state index < -0.39 is 17.3 Å². The lowest BCUT2D eigenvalue weighted by molar-refractivity contribution is 0.216. The number of rotatable bonds is 2. The van der Waals surface area contributed by atoms with Crippen LogP contribution in [0.3, 0.4) is 0 Å². The second kappa shape index (κ2) is 5.38. The molecule has 7 heteroatoms. The van der Waals surface area contributed by atoms with E-state index in [9.17, 15) is 14.7 Å². The van der Waals surface area contributed by atoms with Crippen LogP contribution < -0.4 is 11.2 Å². The molecule has 0 aliphatic carbocycles. The van der Waals surface area contributed by atoms with Crippen molar-refractivity contribution in [2.24, 2.45) is 0 Å². The monoisotopic (exact) mass is 326 g/mol. The predicted molar refractivity (Wildman–Crippen MR) is 90.4 cm³/mol. The molecule has 2 aromatic heterocycles. The topological polar surface area (TPSA) is 105 Å². The van der Waals surface area contributed by atoms with E-state index in [0.717, 1.165) is 41.7 Å². The Bertz CT molecular complexity index is 1030. The number of hydrogen-bond acceptors (Lipinski definition) is 4. The minimum absolute atomic E-state index is 0.170. The largest absolute Gasteiger partial charge is 0.494 e. The van der Waals surface area contributed by atoms with Gasteiger partial charge >= 0.3 is 5.69 Å². The van der Waals surface area contributed by atoms with Crippen molar-refractivity contribution in [1.29, 1.82) is 0 Å². The van der Waals surface area contributed by atoms with E-state index in [1.165, 1.54) is 0 Å². The van der Waals surface area contributed by atoms with Crippen molar-refractivity contribution in [2.45, 2.75) is 19.4 Å². The molecule has 0 amide bonds. The fourth-order valence-electron chi connectivity index (χ4n) is 3.70. The Morgan fingerprint density at radius 3 is 2.75 bits per heavy atom. The highest BCUT2D eigenvalue weighted by atomic mass is 16.3. The maximum atomic E-state index is 12.4. The summed E-state index contributed by atoms with van der Waals surface area (Å²) in [7, 11) is 0. The molecule has 0 fully saturated rings. The smallest absolute Gasteiger partial charge is 0.328 e. The number of para-hydroxylation sites is 1. The summed E-state index contributed by atoms with van der Waals surface area (Å²) in [6.45, 7) is 3.50. The SMILES string of the molecule is CCN1CCc2c([nH]c3ccccc23)[C@@H]1c1c(O)[nH]c(=O)[nH]c1=O. The average molecular weight is 326 g/mol. The Morgan fingerprint density at radius 2 is 2.00 bits per heavy atom. The second-order valence-electron chi connectivity index (χ2n) is 6.01. The minimum atomic E-state index is -0.711. The zero-order valence-electron chi connectivity index (χ0n) is 13.2. The van der Waals surface area contributed by atoms with E-state index in [-0.39, 0.29) is 11.4 Å². The summed E-state index contributed by atoms with van der Waals surface area (Å²) in [5.74, 6) is -0.376. The van der Waals surface area contributed by atoms with Gasteiger partial charge in [0.25, 0.3) is 5.56 Å². The van der Waals surface area contributed by atoms with E-state index >= 15 is 0 Å². The first-order chi connectivity index (χ1) is 11.6. The predicted octanol–water partition coefficient (Wildman–Crippen LogP) is 1.22. The van der Waals surface area contributed by atoms with Crippen LogP contribution >= 0.6 is 0 Å². The summed E-state index contributed by atoms with van der Waals surface area (Å²) < 4.78 is 0. The third kappa shape index (κ3) is 2.09. The number of hydrogen-bond donors (Lipinski definition) is 4. The Morgan fingerprint density at radius 1 is 1.21 bits per heavy atom. The highest BCUT2D eigenvalue weighted by Crippen LogP contribution is 2.38.